The number of aliphatic imine (C=N–C) groups is 1. The van der Waals surface area contributed by atoms with Gasteiger partial charge in [0.15, 0.2) is 6.61 Å². The largest absolute Gasteiger partial charge is 0.484 e. The molecule has 0 saturated carbocycles. The van der Waals surface area contributed by atoms with Crippen molar-refractivity contribution in [1.29, 1.82) is 0 Å². The summed E-state index contributed by atoms with van der Waals surface area (Å²) in [6.07, 6.45) is 2.44. The third-order valence-electron chi connectivity index (χ3n) is 6.25. The van der Waals surface area contributed by atoms with Crippen LogP contribution in [0.25, 0.3) is 0 Å². The fraction of sp³-hybridized carbons (Fsp3) is 0.400. The number of nitrogens with zero attached hydrogens (tertiary/aromatic N) is 2. The van der Waals surface area contributed by atoms with Crippen LogP contribution in [0.4, 0.5) is 0 Å². The van der Waals surface area contributed by atoms with Crippen LogP contribution in [0.3, 0.4) is 0 Å². The van der Waals surface area contributed by atoms with Crippen LogP contribution in [0.1, 0.15) is 30.4 Å². The number of likely N-dealkylation sites (tertiary alicyclic amines) is 1. The summed E-state index contributed by atoms with van der Waals surface area (Å²) in [6, 6.07) is 17.6. The number of fused-ring (bicyclic) bond motifs is 1. The summed E-state index contributed by atoms with van der Waals surface area (Å²) in [5.41, 5.74) is 3.50. The second-order valence-corrected chi connectivity index (χ2v) is 8.29. The molecule has 0 bridgehead atoms. The second-order valence-electron chi connectivity index (χ2n) is 8.29. The highest BCUT2D eigenvalue weighted by Gasteiger charge is 2.34. The second kappa shape index (κ2) is 9.77. The Bertz CT molecular complexity index is 957. The number of para-hydroxylation sites is 1. The summed E-state index contributed by atoms with van der Waals surface area (Å²) in [5.74, 6) is -0.0769. The van der Waals surface area contributed by atoms with E-state index in [1.54, 1.807) is 0 Å². The molecule has 0 radical (unpaired) electrons. The summed E-state index contributed by atoms with van der Waals surface area (Å²) < 4.78 is 5.64. The number of rotatable bonds is 7. The first-order valence-electron chi connectivity index (χ1n) is 10.9. The highest BCUT2D eigenvalue weighted by atomic mass is 16.5. The molecule has 2 atom stereocenters. The van der Waals surface area contributed by atoms with Gasteiger partial charge in [0.1, 0.15) is 5.75 Å². The first kappa shape index (κ1) is 21.1. The molecular formula is C25H28N2O4. The summed E-state index contributed by atoms with van der Waals surface area (Å²) in [5, 5.41) is 9.40. The van der Waals surface area contributed by atoms with Crippen LogP contribution in [-0.4, -0.2) is 53.8 Å². The first-order valence-corrected chi connectivity index (χ1v) is 10.9. The summed E-state index contributed by atoms with van der Waals surface area (Å²) in [4.78, 5) is 30.8. The number of aliphatic carboxylic acids is 1. The number of hydrogen-bond donors (Lipinski definition) is 1. The number of benzene rings is 2. The van der Waals surface area contributed by atoms with Crippen molar-refractivity contribution in [1.82, 2.24) is 4.90 Å². The zero-order chi connectivity index (χ0) is 21.6. The Kier molecular flexibility index (Phi) is 6.65. The number of hydrogen-bond acceptors (Lipinski definition) is 4. The molecule has 0 spiro atoms. The van der Waals surface area contributed by atoms with Crippen molar-refractivity contribution in [3.63, 3.8) is 0 Å². The monoisotopic (exact) mass is 420 g/mol. The Hall–Kier alpha value is -3.15. The number of piperidine rings is 1. The van der Waals surface area contributed by atoms with E-state index in [1.165, 1.54) is 11.1 Å². The molecule has 0 aliphatic carbocycles. The maximum absolute atomic E-state index is 12.8. The smallest absolute Gasteiger partial charge is 0.303 e. The lowest BCUT2D eigenvalue weighted by Gasteiger charge is -2.38. The van der Waals surface area contributed by atoms with Crippen LogP contribution in [0.2, 0.25) is 0 Å². The predicted molar refractivity (Wildman–Crippen MR) is 119 cm³/mol. The SMILES string of the molecule is O=C(O)C[C@@H]1CCN(C(=O)COc2ccccc2)C[C@@H]1CC1=NCCc2ccccc21. The van der Waals surface area contributed by atoms with Crippen molar-refractivity contribution < 1.29 is 19.4 Å². The number of carboxylic acids is 1. The Morgan fingerprint density at radius 1 is 1.06 bits per heavy atom. The van der Waals surface area contributed by atoms with E-state index in [2.05, 4.69) is 12.1 Å². The van der Waals surface area contributed by atoms with Crippen molar-refractivity contribution in [2.24, 2.45) is 16.8 Å². The number of carboxylic acid groups (broad SMARTS) is 1. The topological polar surface area (TPSA) is 79.2 Å². The fourth-order valence-corrected chi connectivity index (χ4v) is 4.62. The lowest BCUT2D eigenvalue weighted by molar-refractivity contribution is -0.140. The van der Waals surface area contributed by atoms with Crippen LogP contribution >= 0.6 is 0 Å². The van der Waals surface area contributed by atoms with E-state index in [0.717, 1.165) is 18.7 Å². The molecule has 2 aromatic rings. The maximum atomic E-state index is 12.8. The van der Waals surface area contributed by atoms with Crippen LogP contribution in [-0.2, 0) is 16.0 Å². The molecule has 0 unspecified atom stereocenters. The summed E-state index contributed by atoms with van der Waals surface area (Å²) in [7, 11) is 0. The number of carbonyl (C=O) groups excluding carboxylic acids is 1. The third-order valence-corrected chi connectivity index (χ3v) is 6.25. The Balaban J connectivity index is 1.44. The van der Waals surface area contributed by atoms with E-state index >= 15 is 0 Å². The average molecular weight is 421 g/mol. The van der Waals surface area contributed by atoms with Gasteiger partial charge in [-0.1, -0.05) is 42.5 Å². The molecule has 2 aliphatic rings. The molecule has 2 aliphatic heterocycles. The number of carbonyl (C=O) groups is 2. The van der Waals surface area contributed by atoms with Crippen molar-refractivity contribution in [2.45, 2.75) is 25.7 Å². The molecule has 162 valence electrons. The molecule has 0 aromatic heterocycles. The molecular weight excluding hydrogens is 392 g/mol. The van der Waals surface area contributed by atoms with Crippen molar-refractivity contribution in [3.8, 4) is 5.75 Å². The number of amides is 1. The predicted octanol–water partition coefficient (Wildman–Crippen LogP) is 3.44. The van der Waals surface area contributed by atoms with Crippen molar-refractivity contribution >= 4 is 17.6 Å². The lowest BCUT2D eigenvalue weighted by Crippen LogP contribution is -2.46. The van der Waals surface area contributed by atoms with E-state index in [0.29, 0.717) is 31.7 Å². The van der Waals surface area contributed by atoms with Crippen LogP contribution in [0, 0.1) is 11.8 Å². The van der Waals surface area contributed by atoms with Crippen LogP contribution in [0.15, 0.2) is 59.6 Å². The lowest BCUT2D eigenvalue weighted by atomic mass is 9.78. The highest BCUT2D eigenvalue weighted by molar-refractivity contribution is 6.02. The third kappa shape index (κ3) is 5.32. The van der Waals surface area contributed by atoms with E-state index in [1.807, 2.05) is 47.4 Å². The van der Waals surface area contributed by atoms with E-state index < -0.39 is 5.97 Å². The van der Waals surface area contributed by atoms with Gasteiger partial charge in [0.25, 0.3) is 5.91 Å². The molecule has 6 nitrogen and oxygen atoms in total. The van der Waals surface area contributed by atoms with Gasteiger partial charge in [0, 0.05) is 31.8 Å². The Morgan fingerprint density at radius 2 is 1.84 bits per heavy atom. The van der Waals surface area contributed by atoms with Gasteiger partial charge in [0.05, 0.1) is 0 Å². The van der Waals surface area contributed by atoms with E-state index in [4.69, 9.17) is 9.73 Å². The van der Waals surface area contributed by atoms with Crippen molar-refractivity contribution in [3.05, 3.63) is 65.7 Å². The fourth-order valence-electron chi connectivity index (χ4n) is 4.62. The molecule has 6 heteroatoms. The van der Waals surface area contributed by atoms with Crippen molar-refractivity contribution in [2.75, 3.05) is 26.2 Å². The normalized spacial score (nSPS) is 20.5. The van der Waals surface area contributed by atoms with E-state index in [-0.39, 0.29) is 30.8 Å². The summed E-state index contributed by atoms with van der Waals surface area (Å²) in [6.45, 7) is 1.85. The van der Waals surface area contributed by atoms with Crippen LogP contribution in [0.5, 0.6) is 5.75 Å². The molecule has 1 saturated heterocycles. The quantitative estimate of drug-likeness (QED) is 0.744. The van der Waals surface area contributed by atoms with Gasteiger partial charge in [-0.05, 0) is 54.4 Å². The van der Waals surface area contributed by atoms with Gasteiger partial charge in [-0.3, -0.25) is 14.6 Å². The van der Waals surface area contributed by atoms with Gasteiger partial charge >= 0.3 is 5.97 Å². The minimum atomic E-state index is -0.784. The summed E-state index contributed by atoms with van der Waals surface area (Å²) >= 11 is 0. The number of ether oxygens (including phenoxy) is 1. The molecule has 1 N–H and O–H groups in total. The standard InChI is InChI=1S/C25H28N2O4/c28-24(17-31-21-7-2-1-3-8-21)27-13-11-19(15-25(29)30)20(16-27)14-23-22-9-5-4-6-18(22)10-12-26-23/h1-9,19-20H,10-17H2,(H,29,30)/t19-,20-/m0/s1. The van der Waals surface area contributed by atoms with Gasteiger partial charge < -0.3 is 14.7 Å². The van der Waals surface area contributed by atoms with Crippen LogP contribution < -0.4 is 4.74 Å². The minimum absolute atomic E-state index is 0.00981. The minimum Gasteiger partial charge on any atom is -0.484 e. The van der Waals surface area contributed by atoms with Gasteiger partial charge in [-0.2, -0.15) is 0 Å². The molecule has 2 heterocycles. The Labute approximate surface area is 182 Å². The highest BCUT2D eigenvalue weighted by Crippen LogP contribution is 2.32. The molecule has 4 rings (SSSR count). The molecule has 1 fully saturated rings. The van der Waals surface area contributed by atoms with Gasteiger partial charge in [-0.25, -0.2) is 0 Å². The zero-order valence-corrected chi connectivity index (χ0v) is 17.6. The molecule has 1 amide bonds. The average Bonchev–Trinajstić information content (AvgIpc) is 2.79. The van der Waals surface area contributed by atoms with Gasteiger partial charge in [-0.15, -0.1) is 0 Å². The zero-order valence-electron chi connectivity index (χ0n) is 17.6. The molecule has 2 aromatic carbocycles. The molecule has 31 heavy (non-hydrogen) atoms. The maximum Gasteiger partial charge on any atom is 0.303 e. The first-order chi connectivity index (χ1) is 15.1. The van der Waals surface area contributed by atoms with Gasteiger partial charge in [0.2, 0.25) is 0 Å². The Morgan fingerprint density at radius 3 is 2.65 bits per heavy atom. The van der Waals surface area contributed by atoms with E-state index in [9.17, 15) is 14.7 Å².